The van der Waals surface area contributed by atoms with Gasteiger partial charge in [0.2, 0.25) is 0 Å². The van der Waals surface area contributed by atoms with Crippen LogP contribution in [0.1, 0.15) is 6.92 Å². The lowest BCUT2D eigenvalue weighted by atomic mass is 10.00. The summed E-state index contributed by atoms with van der Waals surface area (Å²) in [7, 11) is 0. The molecule has 0 spiro atoms. The molecule has 0 bridgehead atoms. The molecule has 0 saturated carbocycles. The van der Waals surface area contributed by atoms with Gasteiger partial charge in [-0.2, -0.15) is 0 Å². The third-order valence-electron chi connectivity index (χ3n) is 4.49. The molecule has 0 unspecified atom stereocenters. The van der Waals surface area contributed by atoms with Gasteiger partial charge in [0.15, 0.2) is 0 Å². The summed E-state index contributed by atoms with van der Waals surface area (Å²) in [5.41, 5.74) is 3.29. The Kier molecular flexibility index (Phi) is 7.55. The van der Waals surface area contributed by atoms with Crippen LogP contribution in [-0.4, -0.2) is 11.9 Å². The molecule has 5 nitrogen and oxygen atoms in total. The molecule has 3 rings (SSSR count). The zero-order chi connectivity index (χ0) is 23.8. The average molecular weight is 444 g/mol. The fraction of sp³-hybridized carbons (Fsp3) is 0.0370. The highest BCUT2D eigenvalue weighted by atomic mass is 19.1. The Morgan fingerprint density at radius 1 is 0.848 bits per heavy atom. The van der Waals surface area contributed by atoms with E-state index < -0.39 is 17.8 Å². The van der Waals surface area contributed by atoms with Crippen molar-refractivity contribution in [2.45, 2.75) is 6.92 Å². The summed E-state index contributed by atoms with van der Waals surface area (Å²) in [5, 5.41) is 0. The topological polar surface area (TPSA) is 61.8 Å². The number of hydrogen-bond donors (Lipinski definition) is 0. The van der Waals surface area contributed by atoms with Crippen LogP contribution in [0.5, 0.6) is 11.5 Å². The Bertz CT molecular complexity index is 1210. The van der Waals surface area contributed by atoms with Crippen LogP contribution in [0.4, 0.5) is 4.39 Å². The van der Waals surface area contributed by atoms with Gasteiger partial charge in [-0.15, -0.1) is 0 Å². The Balaban J connectivity index is 1.68. The summed E-state index contributed by atoms with van der Waals surface area (Å²) in [5.74, 6) is -0.868. The molecule has 33 heavy (non-hydrogen) atoms. The average Bonchev–Trinajstić information content (AvgIpc) is 2.82. The van der Waals surface area contributed by atoms with E-state index in [2.05, 4.69) is 17.9 Å². The van der Waals surface area contributed by atoms with Crippen molar-refractivity contribution < 1.29 is 28.2 Å². The van der Waals surface area contributed by atoms with Crippen LogP contribution >= 0.6 is 0 Å². The van der Waals surface area contributed by atoms with Crippen LogP contribution in [0, 0.1) is 5.82 Å². The zero-order valence-corrected chi connectivity index (χ0v) is 17.9. The van der Waals surface area contributed by atoms with Crippen molar-refractivity contribution in [3.8, 4) is 33.8 Å². The fourth-order valence-corrected chi connectivity index (χ4v) is 2.80. The van der Waals surface area contributed by atoms with E-state index >= 15 is 0 Å². The van der Waals surface area contributed by atoms with Crippen LogP contribution in [0.25, 0.3) is 22.3 Å². The van der Waals surface area contributed by atoms with E-state index in [-0.39, 0.29) is 5.75 Å². The fourth-order valence-electron chi connectivity index (χ4n) is 2.80. The molecule has 166 valence electrons. The van der Waals surface area contributed by atoms with Gasteiger partial charge in [-0.3, -0.25) is 0 Å². The maximum Gasteiger partial charge on any atom is 0.338 e. The quantitative estimate of drug-likeness (QED) is 0.179. The van der Waals surface area contributed by atoms with Crippen molar-refractivity contribution in [1.82, 2.24) is 0 Å². The summed E-state index contributed by atoms with van der Waals surface area (Å²) >= 11 is 0. The molecule has 0 saturated heterocycles. The molecule has 6 heteroatoms. The van der Waals surface area contributed by atoms with Crippen molar-refractivity contribution in [3.63, 3.8) is 0 Å². The molecule has 0 aliphatic heterocycles. The van der Waals surface area contributed by atoms with E-state index in [1.54, 1.807) is 31.2 Å². The first-order chi connectivity index (χ1) is 15.9. The lowest BCUT2D eigenvalue weighted by molar-refractivity contribution is -0.132. The maximum absolute atomic E-state index is 14.6. The molecule has 0 atom stereocenters. The number of benzene rings is 3. The number of esters is 2. The number of ether oxygens (including phenoxy) is 3. The van der Waals surface area contributed by atoms with Crippen LogP contribution in [-0.2, 0) is 14.3 Å². The Hall–Kier alpha value is -4.45. The molecule has 0 fully saturated rings. The Morgan fingerprint density at radius 3 is 2.00 bits per heavy atom. The zero-order valence-electron chi connectivity index (χ0n) is 17.9. The summed E-state index contributed by atoms with van der Waals surface area (Å²) in [4.78, 5) is 22.5. The van der Waals surface area contributed by atoms with Crippen molar-refractivity contribution in [3.05, 3.63) is 110 Å². The van der Waals surface area contributed by atoms with Crippen molar-refractivity contribution in [2.75, 3.05) is 0 Å². The van der Waals surface area contributed by atoms with Gasteiger partial charge in [0, 0.05) is 23.3 Å². The first-order valence-electron chi connectivity index (χ1n) is 9.90. The highest BCUT2D eigenvalue weighted by molar-refractivity contribution is 5.88. The third-order valence-corrected chi connectivity index (χ3v) is 4.49. The summed E-state index contributed by atoms with van der Waals surface area (Å²) < 4.78 is 29.7. The van der Waals surface area contributed by atoms with Gasteiger partial charge in [-0.25, -0.2) is 14.0 Å². The van der Waals surface area contributed by atoms with E-state index in [0.717, 1.165) is 29.7 Å². The molecule has 0 heterocycles. The van der Waals surface area contributed by atoms with E-state index in [9.17, 15) is 14.0 Å². The van der Waals surface area contributed by atoms with Gasteiger partial charge in [-0.1, -0.05) is 49.6 Å². The first kappa shape index (κ1) is 23.2. The summed E-state index contributed by atoms with van der Waals surface area (Å²) in [6.07, 6.45) is 3.20. The van der Waals surface area contributed by atoms with E-state index in [0.29, 0.717) is 22.4 Å². The molecule has 0 aliphatic rings. The highest BCUT2D eigenvalue weighted by Gasteiger charge is 2.09. The minimum Gasteiger partial charge on any atom is -0.462 e. The standard InChI is InChI=1S/C27H21FO5/c1-4-26(29)32-16-15-31-23-13-14-24(25(28)17-23)21-7-5-19(6-8-21)20-9-11-22(12-10-20)33-27(30)18(2)3/h4-17H,1-2H2,3H3. The lowest BCUT2D eigenvalue weighted by Crippen LogP contribution is -2.07. The molecule has 0 aliphatic carbocycles. The molecule has 0 N–H and O–H groups in total. The molecule has 0 aromatic heterocycles. The van der Waals surface area contributed by atoms with Gasteiger partial charge in [-0.05, 0) is 47.9 Å². The molecular formula is C27H21FO5. The summed E-state index contributed by atoms with van der Waals surface area (Å²) in [6.45, 7) is 8.41. The lowest BCUT2D eigenvalue weighted by Gasteiger charge is -2.08. The largest absolute Gasteiger partial charge is 0.462 e. The monoisotopic (exact) mass is 444 g/mol. The van der Waals surface area contributed by atoms with E-state index in [4.69, 9.17) is 9.47 Å². The predicted molar refractivity (Wildman–Crippen MR) is 124 cm³/mol. The predicted octanol–water partition coefficient (Wildman–Crippen LogP) is 6.22. The number of halogens is 1. The van der Waals surface area contributed by atoms with Gasteiger partial charge in [0.25, 0.3) is 0 Å². The minimum atomic E-state index is -0.623. The number of carbonyl (C=O) groups is 2. The second-order valence-corrected chi connectivity index (χ2v) is 6.94. The van der Waals surface area contributed by atoms with Gasteiger partial charge >= 0.3 is 11.9 Å². The molecule has 3 aromatic carbocycles. The van der Waals surface area contributed by atoms with Crippen molar-refractivity contribution >= 4 is 11.9 Å². The van der Waals surface area contributed by atoms with Crippen molar-refractivity contribution in [1.29, 1.82) is 0 Å². The second kappa shape index (κ2) is 10.7. The summed E-state index contributed by atoms with van der Waals surface area (Å²) in [6, 6.07) is 18.9. The van der Waals surface area contributed by atoms with Gasteiger partial charge in [0.05, 0.1) is 0 Å². The number of rotatable bonds is 8. The first-order valence-corrected chi connectivity index (χ1v) is 9.90. The molecule has 0 amide bonds. The highest BCUT2D eigenvalue weighted by Crippen LogP contribution is 2.29. The maximum atomic E-state index is 14.6. The SMILES string of the molecule is C=CC(=O)OC=COc1ccc(-c2ccc(-c3ccc(OC(=O)C(=C)C)cc3)cc2)c(F)c1. The number of hydrogen-bond acceptors (Lipinski definition) is 5. The molecule has 3 aromatic rings. The van der Waals surface area contributed by atoms with Crippen LogP contribution in [0.2, 0.25) is 0 Å². The Morgan fingerprint density at radius 2 is 1.42 bits per heavy atom. The normalized spacial score (nSPS) is 10.5. The van der Waals surface area contributed by atoms with Gasteiger partial charge in [0.1, 0.15) is 29.8 Å². The van der Waals surface area contributed by atoms with Crippen LogP contribution in [0.3, 0.4) is 0 Å². The van der Waals surface area contributed by atoms with Crippen molar-refractivity contribution in [2.24, 2.45) is 0 Å². The second-order valence-electron chi connectivity index (χ2n) is 6.94. The smallest absolute Gasteiger partial charge is 0.338 e. The van der Waals surface area contributed by atoms with Gasteiger partial charge < -0.3 is 14.2 Å². The molecular weight excluding hydrogens is 423 g/mol. The van der Waals surface area contributed by atoms with E-state index in [1.165, 1.54) is 6.07 Å². The third kappa shape index (κ3) is 6.27. The van der Waals surface area contributed by atoms with Crippen LogP contribution in [0.15, 0.2) is 104 Å². The Labute approximate surface area is 191 Å². The van der Waals surface area contributed by atoms with Crippen LogP contribution < -0.4 is 9.47 Å². The number of carbonyl (C=O) groups excluding carboxylic acids is 2. The molecule has 0 radical (unpaired) electrons. The minimum absolute atomic E-state index is 0.256. The van der Waals surface area contributed by atoms with E-state index in [1.807, 2.05) is 36.4 Å².